The van der Waals surface area contributed by atoms with Crippen LogP contribution in [0.25, 0.3) is 0 Å². The van der Waals surface area contributed by atoms with Crippen LogP contribution in [0.15, 0.2) is 77.5 Å². The second-order valence-electron chi connectivity index (χ2n) is 7.54. The summed E-state index contributed by atoms with van der Waals surface area (Å²) in [5, 5.41) is 6.38. The van der Waals surface area contributed by atoms with E-state index in [1.165, 1.54) is 6.26 Å². The van der Waals surface area contributed by atoms with E-state index >= 15 is 0 Å². The van der Waals surface area contributed by atoms with E-state index in [-0.39, 0.29) is 24.5 Å². The number of rotatable bonds is 8. The van der Waals surface area contributed by atoms with Crippen molar-refractivity contribution in [2.75, 3.05) is 25.0 Å². The summed E-state index contributed by atoms with van der Waals surface area (Å²) in [4.78, 5) is 28.1. The summed E-state index contributed by atoms with van der Waals surface area (Å²) in [5.41, 5.74) is 1.76. The van der Waals surface area contributed by atoms with Crippen LogP contribution in [0.2, 0.25) is 0 Å². The van der Waals surface area contributed by atoms with Crippen molar-refractivity contribution in [2.45, 2.75) is 24.9 Å². The molecule has 1 aliphatic rings. The molecule has 7 nitrogen and oxygen atoms in total. The fourth-order valence-corrected chi connectivity index (χ4v) is 3.85. The molecule has 0 saturated carbocycles. The number of carbonyl (C=O) groups is 2. The number of nitrogens with one attached hydrogen (secondary N) is 1. The third-order valence-corrected chi connectivity index (χ3v) is 5.31. The van der Waals surface area contributed by atoms with Gasteiger partial charge < -0.3 is 19.5 Å². The summed E-state index contributed by atoms with van der Waals surface area (Å²) in [6, 6.07) is 20.8. The maximum atomic E-state index is 13.8. The van der Waals surface area contributed by atoms with E-state index in [1.807, 2.05) is 60.7 Å². The maximum Gasteiger partial charge on any atom is 0.245 e. The molecule has 1 N–H and O–H groups in total. The number of hydrogen-bond acceptors (Lipinski definition) is 5. The van der Waals surface area contributed by atoms with Gasteiger partial charge in [-0.25, -0.2) is 0 Å². The SMILES string of the molecule is O=C(CN(CC1CCCO1)C(=O)C(c1ccccc1)c1ccccc1)Nc1ccon1. The average molecular weight is 419 g/mol. The summed E-state index contributed by atoms with van der Waals surface area (Å²) in [7, 11) is 0. The largest absolute Gasteiger partial charge is 0.376 e. The Morgan fingerprint density at radius 2 is 1.71 bits per heavy atom. The minimum atomic E-state index is -0.511. The molecule has 1 unspecified atom stereocenters. The Morgan fingerprint density at radius 1 is 1.03 bits per heavy atom. The monoisotopic (exact) mass is 419 g/mol. The lowest BCUT2D eigenvalue weighted by Gasteiger charge is -2.29. The van der Waals surface area contributed by atoms with Gasteiger partial charge in [-0.1, -0.05) is 65.8 Å². The number of amides is 2. The Morgan fingerprint density at radius 3 is 2.26 bits per heavy atom. The van der Waals surface area contributed by atoms with Crippen molar-refractivity contribution < 1.29 is 18.8 Å². The highest BCUT2D eigenvalue weighted by Gasteiger charge is 2.31. The first kappa shape index (κ1) is 20.8. The zero-order valence-electron chi connectivity index (χ0n) is 17.1. The number of carbonyl (C=O) groups excluding carboxylic acids is 2. The number of aromatic nitrogens is 1. The van der Waals surface area contributed by atoms with Crippen molar-refractivity contribution in [3.8, 4) is 0 Å². The number of hydrogen-bond donors (Lipinski definition) is 1. The van der Waals surface area contributed by atoms with E-state index in [0.29, 0.717) is 19.0 Å². The van der Waals surface area contributed by atoms with Crippen molar-refractivity contribution >= 4 is 17.6 Å². The standard InChI is InChI=1S/C24H25N3O4/c28-22(25-21-13-15-31-26-21)17-27(16-20-12-7-14-30-20)24(29)23(18-8-3-1-4-9-18)19-10-5-2-6-11-19/h1-6,8-11,13,15,20,23H,7,12,14,16-17H2,(H,25,26,28). The molecule has 1 saturated heterocycles. The third-order valence-electron chi connectivity index (χ3n) is 5.31. The predicted octanol–water partition coefficient (Wildman–Crippen LogP) is 3.45. The quantitative estimate of drug-likeness (QED) is 0.605. The molecule has 1 aromatic heterocycles. The van der Waals surface area contributed by atoms with Gasteiger partial charge in [-0.3, -0.25) is 9.59 Å². The summed E-state index contributed by atoms with van der Waals surface area (Å²) in [5.74, 6) is -0.663. The molecular weight excluding hydrogens is 394 g/mol. The molecule has 1 atom stereocenters. The number of anilines is 1. The van der Waals surface area contributed by atoms with Gasteiger partial charge in [0.2, 0.25) is 11.8 Å². The van der Waals surface area contributed by atoms with Gasteiger partial charge in [0.25, 0.3) is 0 Å². The van der Waals surface area contributed by atoms with Crippen molar-refractivity contribution in [3.63, 3.8) is 0 Å². The summed E-state index contributed by atoms with van der Waals surface area (Å²) >= 11 is 0. The van der Waals surface area contributed by atoms with E-state index in [9.17, 15) is 9.59 Å². The van der Waals surface area contributed by atoms with Gasteiger partial charge in [0.15, 0.2) is 5.82 Å². The fraction of sp³-hybridized carbons (Fsp3) is 0.292. The molecule has 2 heterocycles. The van der Waals surface area contributed by atoms with E-state index in [0.717, 1.165) is 24.0 Å². The van der Waals surface area contributed by atoms with Crippen LogP contribution in [0.3, 0.4) is 0 Å². The zero-order chi connectivity index (χ0) is 21.5. The molecule has 2 aromatic carbocycles. The molecule has 2 amide bonds. The molecule has 31 heavy (non-hydrogen) atoms. The van der Waals surface area contributed by atoms with E-state index < -0.39 is 5.92 Å². The first-order valence-electron chi connectivity index (χ1n) is 10.4. The molecular formula is C24H25N3O4. The van der Waals surface area contributed by atoms with Gasteiger partial charge in [-0.05, 0) is 24.0 Å². The normalized spacial score (nSPS) is 15.7. The molecule has 1 fully saturated rings. The second kappa shape index (κ2) is 10.0. The van der Waals surface area contributed by atoms with Crippen molar-refractivity contribution in [3.05, 3.63) is 84.1 Å². The molecule has 0 aliphatic carbocycles. The molecule has 0 spiro atoms. The topological polar surface area (TPSA) is 84.7 Å². The molecule has 1 aliphatic heterocycles. The van der Waals surface area contributed by atoms with E-state index in [2.05, 4.69) is 10.5 Å². The lowest BCUT2D eigenvalue weighted by molar-refractivity contribution is -0.136. The highest BCUT2D eigenvalue weighted by Crippen LogP contribution is 2.27. The lowest BCUT2D eigenvalue weighted by atomic mass is 9.90. The Bertz CT molecular complexity index is 931. The smallest absolute Gasteiger partial charge is 0.245 e. The van der Waals surface area contributed by atoms with Crippen LogP contribution in [0.1, 0.15) is 29.9 Å². The van der Waals surface area contributed by atoms with Gasteiger partial charge in [-0.2, -0.15) is 0 Å². The molecule has 4 rings (SSSR count). The molecule has 7 heteroatoms. The van der Waals surface area contributed by atoms with E-state index in [4.69, 9.17) is 9.26 Å². The molecule has 3 aromatic rings. The minimum absolute atomic E-state index is 0.0732. The summed E-state index contributed by atoms with van der Waals surface area (Å²) in [6.07, 6.45) is 3.14. The van der Waals surface area contributed by atoms with Gasteiger partial charge >= 0.3 is 0 Å². The Kier molecular flexibility index (Phi) is 6.74. The zero-order valence-corrected chi connectivity index (χ0v) is 17.1. The molecule has 0 radical (unpaired) electrons. The van der Waals surface area contributed by atoms with Crippen LogP contribution in [0.4, 0.5) is 5.82 Å². The van der Waals surface area contributed by atoms with Crippen LogP contribution in [0, 0.1) is 0 Å². The lowest BCUT2D eigenvalue weighted by Crippen LogP contribution is -2.44. The molecule has 0 bridgehead atoms. The van der Waals surface area contributed by atoms with Crippen LogP contribution >= 0.6 is 0 Å². The van der Waals surface area contributed by atoms with Crippen molar-refractivity contribution in [1.82, 2.24) is 10.1 Å². The summed E-state index contributed by atoms with van der Waals surface area (Å²) < 4.78 is 10.5. The number of ether oxygens (including phenoxy) is 1. The van der Waals surface area contributed by atoms with Crippen LogP contribution < -0.4 is 5.32 Å². The van der Waals surface area contributed by atoms with Crippen LogP contribution in [-0.4, -0.2) is 47.7 Å². The minimum Gasteiger partial charge on any atom is -0.376 e. The predicted molar refractivity (Wildman–Crippen MR) is 115 cm³/mol. The number of nitrogens with zero attached hydrogens (tertiary/aromatic N) is 2. The summed E-state index contributed by atoms with van der Waals surface area (Å²) in [6.45, 7) is 0.946. The van der Waals surface area contributed by atoms with Gasteiger partial charge in [0, 0.05) is 19.2 Å². The highest BCUT2D eigenvalue weighted by atomic mass is 16.5. The van der Waals surface area contributed by atoms with Crippen LogP contribution in [-0.2, 0) is 14.3 Å². The van der Waals surface area contributed by atoms with Crippen molar-refractivity contribution in [2.24, 2.45) is 0 Å². The number of benzene rings is 2. The first-order chi connectivity index (χ1) is 15.2. The van der Waals surface area contributed by atoms with Crippen LogP contribution in [0.5, 0.6) is 0 Å². The Hall–Kier alpha value is -3.45. The van der Waals surface area contributed by atoms with Gasteiger partial charge in [0.05, 0.1) is 12.0 Å². The van der Waals surface area contributed by atoms with Gasteiger partial charge in [-0.15, -0.1) is 0 Å². The van der Waals surface area contributed by atoms with Crippen molar-refractivity contribution in [1.29, 1.82) is 0 Å². The fourth-order valence-electron chi connectivity index (χ4n) is 3.85. The van der Waals surface area contributed by atoms with Gasteiger partial charge in [0.1, 0.15) is 12.8 Å². The Balaban J connectivity index is 1.60. The maximum absolute atomic E-state index is 13.8. The molecule has 160 valence electrons. The second-order valence-corrected chi connectivity index (χ2v) is 7.54. The Labute approximate surface area is 181 Å². The first-order valence-corrected chi connectivity index (χ1v) is 10.4. The average Bonchev–Trinajstić information content (AvgIpc) is 3.49. The van der Waals surface area contributed by atoms with E-state index in [1.54, 1.807) is 11.0 Å². The third kappa shape index (κ3) is 5.38. The highest BCUT2D eigenvalue weighted by molar-refractivity contribution is 5.95.